The second-order valence-corrected chi connectivity index (χ2v) is 4.84. The molecule has 0 aliphatic carbocycles. The summed E-state index contributed by atoms with van der Waals surface area (Å²) in [6, 6.07) is 2.24. The van der Waals surface area contributed by atoms with Gasteiger partial charge in [0.15, 0.2) is 0 Å². The van der Waals surface area contributed by atoms with Crippen molar-refractivity contribution in [2.75, 3.05) is 5.73 Å². The standard InChI is InChI=1S/C6H6Cl2N2O3S/c7-3-1-5(9)6(2-4(3)8)14(12,13)10-11/h1-2,10-11H,9H2. The first-order chi connectivity index (χ1) is 6.38. The molecule has 0 heterocycles. The number of nitrogen functional groups attached to an aromatic ring is 1. The van der Waals surface area contributed by atoms with Gasteiger partial charge in [-0.25, -0.2) is 8.42 Å². The zero-order valence-electron chi connectivity index (χ0n) is 6.66. The lowest BCUT2D eigenvalue weighted by atomic mass is 10.3. The first kappa shape index (κ1) is 11.5. The van der Waals surface area contributed by atoms with E-state index >= 15 is 0 Å². The molecule has 1 rings (SSSR count). The minimum absolute atomic E-state index is 0.0368. The molecule has 8 heteroatoms. The molecule has 0 unspecified atom stereocenters. The molecule has 0 saturated carbocycles. The molecule has 14 heavy (non-hydrogen) atoms. The average molecular weight is 257 g/mol. The van der Waals surface area contributed by atoms with E-state index in [4.69, 9.17) is 34.1 Å². The third-order valence-electron chi connectivity index (χ3n) is 1.46. The largest absolute Gasteiger partial charge is 0.398 e. The number of anilines is 1. The third-order valence-corrected chi connectivity index (χ3v) is 3.36. The Balaban J connectivity index is 3.45. The molecule has 0 aliphatic rings. The highest BCUT2D eigenvalue weighted by molar-refractivity contribution is 7.89. The third kappa shape index (κ3) is 2.10. The molecule has 4 N–H and O–H groups in total. The van der Waals surface area contributed by atoms with E-state index in [0.717, 1.165) is 11.0 Å². The van der Waals surface area contributed by atoms with Crippen molar-refractivity contribution in [2.24, 2.45) is 0 Å². The number of benzene rings is 1. The SMILES string of the molecule is Nc1cc(Cl)c(Cl)cc1S(=O)(=O)NO. The van der Waals surface area contributed by atoms with Crippen molar-refractivity contribution in [3.05, 3.63) is 22.2 Å². The fourth-order valence-electron chi connectivity index (χ4n) is 0.826. The Hall–Kier alpha value is -0.530. The summed E-state index contributed by atoms with van der Waals surface area (Å²) in [5.74, 6) is 0. The topological polar surface area (TPSA) is 92.4 Å². The maximum Gasteiger partial charge on any atom is 0.264 e. The van der Waals surface area contributed by atoms with Gasteiger partial charge in [-0.1, -0.05) is 28.1 Å². The van der Waals surface area contributed by atoms with Gasteiger partial charge in [-0.3, -0.25) is 0 Å². The summed E-state index contributed by atoms with van der Waals surface area (Å²) in [4.78, 5) is 0.811. The van der Waals surface area contributed by atoms with Crippen molar-refractivity contribution >= 4 is 38.9 Å². The highest BCUT2D eigenvalue weighted by Gasteiger charge is 2.18. The lowest BCUT2D eigenvalue weighted by Crippen LogP contribution is -2.20. The maximum absolute atomic E-state index is 11.1. The molecular formula is C6H6Cl2N2O3S. The number of nitrogens with one attached hydrogen (secondary N) is 1. The molecule has 0 radical (unpaired) electrons. The summed E-state index contributed by atoms with van der Waals surface area (Å²) in [6.07, 6.45) is 0. The Morgan fingerprint density at radius 3 is 2.29 bits per heavy atom. The highest BCUT2D eigenvalue weighted by Crippen LogP contribution is 2.29. The molecule has 0 atom stereocenters. The number of hydrogen-bond acceptors (Lipinski definition) is 4. The molecule has 1 aromatic rings. The maximum atomic E-state index is 11.1. The fourth-order valence-corrected chi connectivity index (χ4v) is 1.97. The van der Waals surface area contributed by atoms with Gasteiger partial charge >= 0.3 is 0 Å². The predicted octanol–water partition coefficient (Wildman–Crippen LogP) is 1.24. The number of nitrogens with two attached hydrogens (primary N) is 1. The van der Waals surface area contributed by atoms with Gasteiger partial charge in [0.05, 0.1) is 15.7 Å². The molecule has 0 saturated heterocycles. The molecule has 5 nitrogen and oxygen atoms in total. The van der Waals surface area contributed by atoms with E-state index in [1.54, 1.807) is 0 Å². The number of sulfonamides is 1. The van der Waals surface area contributed by atoms with Crippen LogP contribution >= 0.6 is 23.2 Å². The van der Waals surface area contributed by atoms with Crippen LogP contribution in [0.4, 0.5) is 5.69 Å². The normalized spacial score (nSPS) is 11.6. The van der Waals surface area contributed by atoms with Crippen LogP contribution in [0.25, 0.3) is 0 Å². The van der Waals surface area contributed by atoms with E-state index < -0.39 is 10.0 Å². The van der Waals surface area contributed by atoms with Crippen LogP contribution < -0.4 is 10.6 Å². The first-order valence-electron chi connectivity index (χ1n) is 3.29. The van der Waals surface area contributed by atoms with Crippen LogP contribution in [0.15, 0.2) is 17.0 Å². The second-order valence-electron chi connectivity index (χ2n) is 2.40. The zero-order valence-corrected chi connectivity index (χ0v) is 8.99. The molecule has 78 valence electrons. The summed E-state index contributed by atoms with van der Waals surface area (Å²) in [5, 5.41) is 8.54. The van der Waals surface area contributed by atoms with Crippen LogP contribution in [-0.2, 0) is 10.0 Å². The van der Waals surface area contributed by atoms with Crippen molar-refractivity contribution in [3.8, 4) is 0 Å². The van der Waals surface area contributed by atoms with Gasteiger partial charge in [0.25, 0.3) is 10.0 Å². The fraction of sp³-hybridized carbons (Fsp3) is 0. The Labute approximate surface area is 90.4 Å². The van der Waals surface area contributed by atoms with Gasteiger partial charge in [-0.05, 0) is 12.1 Å². The van der Waals surface area contributed by atoms with Crippen molar-refractivity contribution < 1.29 is 13.6 Å². The Bertz CT molecular complexity index is 460. The van der Waals surface area contributed by atoms with Crippen LogP contribution in [0, 0.1) is 0 Å². The molecule has 0 aliphatic heterocycles. The summed E-state index contributed by atoms with van der Waals surface area (Å²) in [5.41, 5.74) is 5.28. The summed E-state index contributed by atoms with van der Waals surface area (Å²) in [7, 11) is -4.03. The lowest BCUT2D eigenvalue weighted by Gasteiger charge is -2.06. The number of halogens is 2. The van der Waals surface area contributed by atoms with E-state index in [9.17, 15) is 8.42 Å². The van der Waals surface area contributed by atoms with Crippen LogP contribution in [0.5, 0.6) is 0 Å². The minimum atomic E-state index is -4.03. The van der Waals surface area contributed by atoms with E-state index in [1.165, 1.54) is 6.07 Å². The van der Waals surface area contributed by atoms with Gasteiger partial charge in [0.1, 0.15) is 4.90 Å². The van der Waals surface area contributed by atoms with Gasteiger partial charge < -0.3 is 10.9 Å². The molecule has 1 aromatic carbocycles. The molecule has 0 bridgehead atoms. The average Bonchev–Trinajstić information content (AvgIpc) is 2.11. The molecule has 0 fully saturated rings. The van der Waals surface area contributed by atoms with Crippen LogP contribution in [0.1, 0.15) is 0 Å². The molecular weight excluding hydrogens is 251 g/mol. The predicted molar refractivity (Wildman–Crippen MR) is 53.0 cm³/mol. The van der Waals surface area contributed by atoms with E-state index in [0.29, 0.717) is 0 Å². The quantitative estimate of drug-likeness (QED) is 0.549. The van der Waals surface area contributed by atoms with Gasteiger partial charge in [0, 0.05) is 0 Å². The summed E-state index contributed by atoms with van der Waals surface area (Å²) < 4.78 is 22.3. The second kappa shape index (κ2) is 3.92. The van der Waals surface area contributed by atoms with Gasteiger partial charge in [-0.15, -0.1) is 0 Å². The van der Waals surface area contributed by atoms with E-state index in [1.807, 2.05) is 0 Å². The monoisotopic (exact) mass is 256 g/mol. The van der Waals surface area contributed by atoms with Crippen LogP contribution in [0.3, 0.4) is 0 Å². The molecule has 0 spiro atoms. The van der Waals surface area contributed by atoms with E-state index in [-0.39, 0.29) is 20.6 Å². The van der Waals surface area contributed by atoms with Gasteiger partial charge in [0.2, 0.25) is 0 Å². The van der Waals surface area contributed by atoms with E-state index in [2.05, 4.69) is 0 Å². The van der Waals surface area contributed by atoms with Crippen molar-refractivity contribution in [1.29, 1.82) is 0 Å². The zero-order chi connectivity index (χ0) is 10.9. The Kier molecular flexibility index (Phi) is 3.23. The van der Waals surface area contributed by atoms with Crippen molar-refractivity contribution in [2.45, 2.75) is 4.90 Å². The smallest absolute Gasteiger partial charge is 0.264 e. The minimum Gasteiger partial charge on any atom is -0.398 e. The van der Waals surface area contributed by atoms with Crippen LogP contribution in [-0.4, -0.2) is 13.6 Å². The Morgan fingerprint density at radius 1 is 1.29 bits per heavy atom. The number of hydrogen-bond donors (Lipinski definition) is 3. The lowest BCUT2D eigenvalue weighted by molar-refractivity contribution is 0.242. The van der Waals surface area contributed by atoms with Crippen molar-refractivity contribution in [1.82, 2.24) is 4.89 Å². The summed E-state index contributed by atoms with van der Waals surface area (Å²) in [6.45, 7) is 0. The van der Waals surface area contributed by atoms with Crippen LogP contribution in [0.2, 0.25) is 10.0 Å². The van der Waals surface area contributed by atoms with Gasteiger partial charge in [-0.2, -0.15) is 0 Å². The molecule has 0 amide bonds. The highest BCUT2D eigenvalue weighted by atomic mass is 35.5. The van der Waals surface area contributed by atoms with Crippen molar-refractivity contribution in [3.63, 3.8) is 0 Å². The first-order valence-corrected chi connectivity index (χ1v) is 5.53. The number of rotatable bonds is 2. The molecule has 0 aromatic heterocycles. The summed E-state index contributed by atoms with van der Waals surface area (Å²) >= 11 is 11.2. The Morgan fingerprint density at radius 2 is 1.79 bits per heavy atom.